The average molecular weight is 332 g/mol. The lowest BCUT2D eigenvalue weighted by atomic mass is 10.0. The summed E-state index contributed by atoms with van der Waals surface area (Å²) in [6, 6.07) is 5.70. The van der Waals surface area contributed by atoms with Crippen molar-refractivity contribution in [2.75, 3.05) is 26.2 Å². The monoisotopic (exact) mass is 332 g/mol. The third kappa shape index (κ3) is 3.80. The molecule has 0 saturated carbocycles. The Hall–Kier alpha value is -2.24. The maximum atomic E-state index is 11.9. The lowest BCUT2D eigenvalue weighted by molar-refractivity contribution is -0.132. The SMILES string of the molecule is CC1(C)Cc2cccc(OCC(=O)NCC(=O)N3CCCC3)c2O1. The molecule has 2 amide bonds. The first kappa shape index (κ1) is 16.6. The molecule has 0 bridgehead atoms. The summed E-state index contributed by atoms with van der Waals surface area (Å²) in [7, 11) is 0. The fourth-order valence-electron chi connectivity index (χ4n) is 3.15. The Morgan fingerprint density at radius 2 is 2.04 bits per heavy atom. The van der Waals surface area contributed by atoms with E-state index in [1.807, 2.05) is 26.0 Å². The topological polar surface area (TPSA) is 67.9 Å². The molecule has 0 spiro atoms. The van der Waals surface area contributed by atoms with Crippen LogP contribution in [0.25, 0.3) is 0 Å². The van der Waals surface area contributed by atoms with Crippen molar-refractivity contribution in [1.82, 2.24) is 10.2 Å². The number of ether oxygens (including phenoxy) is 2. The Morgan fingerprint density at radius 1 is 1.29 bits per heavy atom. The second kappa shape index (κ2) is 6.71. The molecule has 1 saturated heterocycles. The van der Waals surface area contributed by atoms with Crippen molar-refractivity contribution >= 4 is 11.8 Å². The van der Waals surface area contributed by atoms with E-state index in [9.17, 15) is 9.59 Å². The Bertz CT molecular complexity index is 636. The molecule has 1 aromatic carbocycles. The summed E-state index contributed by atoms with van der Waals surface area (Å²) in [5.74, 6) is 0.937. The van der Waals surface area contributed by atoms with Crippen LogP contribution in [0.4, 0.5) is 0 Å². The quantitative estimate of drug-likeness (QED) is 0.888. The average Bonchev–Trinajstić information content (AvgIpc) is 3.16. The van der Waals surface area contributed by atoms with E-state index in [1.54, 1.807) is 11.0 Å². The standard InChI is InChI=1S/C18H24N2O4/c1-18(2)10-13-6-5-7-14(17(13)24-18)23-12-15(21)19-11-16(22)20-8-3-4-9-20/h5-7H,3-4,8-12H2,1-2H3,(H,19,21). The summed E-state index contributed by atoms with van der Waals surface area (Å²) in [6.45, 7) is 5.51. The van der Waals surface area contributed by atoms with Gasteiger partial charge in [0.15, 0.2) is 18.1 Å². The van der Waals surface area contributed by atoms with Crippen LogP contribution < -0.4 is 14.8 Å². The van der Waals surface area contributed by atoms with Gasteiger partial charge in [0.25, 0.3) is 5.91 Å². The minimum Gasteiger partial charge on any atom is -0.483 e. The molecule has 24 heavy (non-hydrogen) atoms. The van der Waals surface area contributed by atoms with Crippen molar-refractivity contribution in [3.8, 4) is 11.5 Å². The van der Waals surface area contributed by atoms with Crippen molar-refractivity contribution in [3.63, 3.8) is 0 Å². The van der Waals surface area contributed by atoms with Gasteiger partial charge in [-0.1, -0.05) is 12.1 Å². The molecular formula is C18H24N2O4. The molecule has 1 aromatic rings. The van der Waals surface area contributed by atoms with Gasteiger partial charge >= 0.3 is 0 Å². The number of fused-ring (bicyclic) bond motifs is 1. The Labute approximate surface area is 142 Å². The Balaban J connectivity index is 1.49. The first-order valence-electron chi connectivity index (χ1n) is 8.43. The lowest BCUT2D eigenvalue weighted by Gasteiger charge is -2.18. The first-order chi connectivity index (χ1) is 11.4. The van der Waals surface area contributed by atoms with E-state index in [-0.39, 0.29) is 30.6 Å². The number of hydrogen-bond acceptors (Lipinski definition) is 4. The van der Waals surface area contributed by atoms with E-state index in [0.717, 1.165) is 37.9 Å². The third-order valence-electron chi connectivity index (χ3n) is 4.31. The van der Waals surface area contributed by atoms with Gasteiger partial charge in [-0.15, -0.1) is 0 Å². The van der Waals surface area contributed by atoms with Gasteiger partial charge in [0, 0.05) is 25.1 Å². The number of nitrogens with one attached hydrogen (secondary N) is 1. The molecule has 6 heteroatoms. The highest BCUT2D eigenvalue weighted by atomic mass is 16.5. The maximum absolute atomic E-state index is 11.9. The van der Waals surface area contributed by atoms with Crippen molar-refractivity contribution < 1.29 is 19.1 Å². The molecule has 3 rings (SSSR count). The zero-order valence-electron chi connectivity index (χ0n) is 14.3. The largest absolute Gasteiger partial charge is 0.483 e. The van der Waals surface area contributed by atoms with Gasteiger partial charge in [-0.2, -0.15) is 0 Å². The summed E-state index contributed by atoms with van der Waals surface area (Å²) >= 11 is 0. The highest BCUT2D eigenvalue weighted by molar-refractivity contribution is 5.85. The summed E-state index contributed by atoms with van der Waals surface area (Å²) in [6.07, 6.45) is 2.90. The van der Waals surface area contributed by atoms with Gasteiger partial charge in [0.2, 0.25) is 5.91 Å². The zero-order valence-corrected chi connectivity index (χ0v) is 14.3. The first-order valence-corrected chi connectivity index (χ1v) is 8.43. The molecule has 2 aliphatic rings. The summed E-state index contributed by atoms with van der Waals surface area (Å²) in [4.78, 5) is 25.6. The van der Waals surface area contributed by atoms with Crippen LogP contribution in [0.2, 0.25) is 0 Å². The molecule has 1 fully saturated rings. The van der Waals surface area contributed by atoms with Crippen LogP contribution in [0.15, 0.2) is 18.2 Å². The predicted molar refractivity (Wildman–Crippen MR) is 89.2 cm³/mol. The Morgan fingerprint density at radius 3 is 2.79 bits per heavy atom. The summed E-state index contributed by atoms with van der Waals surface area (Å²) < 4.78 is 11.5. The van der Waals surface area contributed by atoms with E-state index < -0.39 is 0 Å². The number of likely N-dealkylation sites (tertiary alicyclic amines) is 1. The maximum Gasteiger partial charge on any atom is 0.258 e. The van der Waals surface area contributed by atoms with E-state index in [0.29, 0.717) is 11.5 Å². The number of para-hydroxylation sites is 1. The lowest BCUT2D eigenvalue weighted by Crippen LogP contribution is -2.40. The normalized spacial score (nSPS) is 18.0. The van der Waals surface area contributed by atoms with Gasteiger partial charge in [-0.25, -0.2) is 0 Å². The van der Waals surface area contributed by atoms with E-state index in [1.165, 1.54) is 0 Å². The van der Waals surface area contributed by atoms with Crippen molar-refractivity contribution in [2.45, 2.75) is 38.7 Å². The smallest absolute Gasteiger partial charge is 0.258 e. The number of benzene rings is 1. The molecule has 0 atom stereocenters. The van der Waals surface area contributed by atoms with Crippen molar-refractivity contribution in [3.05, 3.63) is 23.8 Å². The molecular weight excluding hydrogens is 308 g/mol. The molecule has 1 N–H and O–H groups in total. The van der Waals surface area contributed by atoms with Gasteiger partial charge < -0.3 is 19.7 Å². The van der Waals surface area contributed by atoms with Crippen LogP contribution in [0.3, 0.4) is 0 Å². The molecule has 0 unspecified atom stereocenters. The van der Waals surface area contributed by atoms with Gasteiger partial charge in [-0.05, 0) is 32.8 Å². The molecule has 2 heterocycles. The summed E-state index contributed by atoms with van der Waals surface area (Å²) in [5, 5.41) is 2.62. The van der Waals surface area contributed by atoms with E-state index in [4.69, 9.17) is 9.47 Å². The minimum absolute atomic E-state index is 0.0264. The summed E-state index contributed by atoms with van der Waals surface area (Å²) in [5.41, 5.74) is 0.828. The van der Waals surface area contributed by atoms with Gasteiger partial charge in [0.1, 0.15) is 5.60 Å². The molecule has 0 aliphatic carbocycles. The zero-order chi connectivity index (χ0) is 17.2. The van der Waals surface area contributed by atoms with Crippen LogP contribution in [0.1, 0.15) is 32.3 Å². The predicted octanol–water partition coefficient (Wildman–Crippen LogP) is 1.52. The minimum atomic E-state index is -0.308. The second-order valence-corrected chi connectivity index (χ2v) is 6.94. The Kier molecular flexibility index (Phi) is 4.64. The molecule has 0 aromatic heterocycles. The van der Waals surface area contributed by atoms with Crippen LogP contribution in [0, 0.1) is 0 Å². The fraction of sp³-hybridized carbons (Fsp3) is 0.556. The molecule has 0 radical (unpaired) electrons. The van der Waals surface area contributed by atoms with E-state index >= 15 is 0 Å². The van der Waals surface area contributed by atoms with Gasteiger partial charge in [-0.3, -0.25) is 9.59 Å². The number of nitrogens with zero attached hydrogens (tertiary/aromatic N) is 1. The molecule has 2 aliphatic heterocycles. The number of carbonyl (C=O) groups excluding carboxylic acids is 2. The number of amides is 2. The van der Waals surface area contributed by atoms with Crippen LogP contribution >= 0.6 is 0 Å². The molecule has 130 valence electrons. The molecule has 6 nitrogen and oxygen atoms in total. The fourth-order valence-corrected chi connectivity index (χ4v) is 3.15. The highest BCUT2D eigenvalue weighted by Crippen LogP contribution is 2.41. The van der Waals surface area contributed by atoms with Crippen molar-refractivity contribution in [1.29, 1.82) is 0 Å². The van der Waals surface area contributed by atoms with Crippen LogP contribution in [0.5, 0.6) is 11.5 Å². The third-order valence-corrected chi connectivity index (χ3v) is 4.31. The highest BCUT2D eigenvalue weighted by Gasteiger charge is 2.32. The number of carbonyl (C=O) groups is 2. The van der Waals surface area contributed by atoms with Crippen LogP contribution in [-0.2, 0) is 16.0 Å². The second-order valence-electron chi connectivity index (χ2n) is 6.94. The van der Waals surface area contributed by atoms with Crippen molar-refractivity contribution in [2.24, 2.45) is 0 Å². The number of rotatable bonds is 5. The van der Waals surface area contributed by atoms with Gasteiger partial charge in [0.05, 0.1) is 6.54 Å². The van der Waals surface area contributed by atoms with E-state index in [2.05, 4.69) is 5.32 Å². The number of hydrogen-bond donors (Lipinski definition) is 1. The van der Waals surface area contributed by atoms with Crippen LogP contribution in [-0.4, -0.2) is 48.6 Å².